The summed E-state index contributed by atoms with van der Waals surface area (Å²) in [4.78, 5) is 7.85. The second kappa shape index (κ2) is 5.46. The van der Waals surface area contributed by atoms with Crippen LogP contribution >= 0.6 is 11.6 Å². The van der Waals surface area contributed by atoms with Gasteiger partial charge in [-0.05, 0) is 12.5 Å². The maximum atomic E-state index is 10.1. The fraction of sp³-hybridized carbons (Fsp3) is 0.417. The van der Waals surface area contributed by atoms with Crippen LogP contribution in [0.15, 0.2) is 18.6 Å². The first-order chi connectivity index (χ1) is 8.63. The number of aryl methyl sites for hydroxylation is 2. The minimum atomic E-state index is -0.703. The van der Waals surface area contributed by atoms with Crippen LogP contribution in [-0.2, 0) is 19.9 Å². The van der Waals surface area contributed by atoms with Crippen LogP contribution in [0, 0.1) is 0 Å². The average Bonchev–Trinajstić information content (AvgIpc) is 2.67. The molecule has 0 radical (unpaired) electrons. The van der Waals surface area contributed by atoms with E-state index in [0.29, 0.717) is 17.1 Å². The van der Waals surface area contributed by atoms with E-state index in [-0.39, 0.29) is 0 Å². The SMILES string of the molecule is CCc1nn(C)c(CC(O)c2ccncn2)c1Cl. The molecule has 0 spiro atoms. The standard InChI is InChI=1S/C12H15ClN4O/c1-3-8-12(13)10(17(2)16-8)6-11(18)9-4-5-14-7-15-9/h4-5,7,11,18H,3,6H2,1-2H3. The van der Waals surface area contributed by atoms with E-state index in [0.717, 1.165) is 17.8 Å². The first-order valence-corrected chi connectivity index (χ1v) is 6.15. The summed E-state index contributed by atoms with van der Waals surface area (Å²) in [6, 6.07) is 1.69. The number of halogens is 1. The van der Waals surface area contributed by atoms with Crippen molar-refractivity contribution in [3.05, 3.63) is 40.7 Å². The minimum absolute atomic E-state index is 0.388. The van der Waals surface area contributed by atoms with Crippen molar-refractivity contribution in [3.63, 3.8) is 0 Å². The fourth-order valence-corrected chi connectivity index (χ4v) is 2.20. The van der Waals surface area contributed by atoms with Gasteiger partial charge in [0.15, 0.2) is 0 Å². The van der Waals surface area contributed by atoms with Crippen molar-refractivity contribution in [1.82, 2.24) is 19.7 Å². The van der Waals surface area contributed by atoms with E-state index in [4.69, 9.17) is 11.6 Å². The molecule has 0 aliphatic rings. The smallest absolute Gasteiger partial charge is 0.115 e. The summed E-state index contributed by atoms with van der Waals surface area (Å²) in [6.45, 7) is 2.00. The van der Waals surface area contributed by atoms with E-state index in [1.54, 1.807) is 16.9 Å². The van der Waals surface area contributed by atoms with Gasteiger partial charge in [0.1, 0.15) is 12.4 Å². The molecule has 0 fully saturated rings. The minimum Gasteiger partial charge on any atom is -0.386 e. The van der Waals surface area contributed by atoms with Gasteiger partial charge >= 0.3 is 0 Å². The Balaban J connectivity index is 2.22. The van der Waals surface area contributed by atoms with Crippen LogP contribution in [0.3, 0.4) is 0 Å². The molecule has 18 heavy (non-hydrogen) atoms. The maximum Gasteiger partial charge on any atom is 0.115 e. The summed E-state index contributed by atoms with van der Waals surface area (Å²) >= 11 is 6.23. The monoisotopic (exact) mass is 266 g/mol. The van der Waals surface area contributed by atoms with Crippen molar-refractivity contribution in [2.45, 2.75) is 25.9 Å². The Kier molecular flexibility index (Phi) is 3.93. The second-order valence-electron chi connectivity index (χ2n) is 4.04. The van der Waals surface area contributed by atoms with E-state index in [1.165, 1.54) is 6.33 Å². The zero-order chi connectivity index (χ0) is 13.1. The predicted molar refractivity (Wildman–Crippen MR) is 68.3 cm³/mol. The van der Waals surface area contributed by atoms with Crippen molar-refractivity contribution in [1.29, 1.82) is 0 Å². The third-order valence-electron chi connectivity index (χ3n) is 2.84. The highest BCUT2D eigenvalue weighted by molar-refractivity contribution is 6.31. The first kappa shape index (κ1) is 13.0. The lowest BCUT2D eigenvalue weighted by molar-refractivity contribution is 0.171. The van der Waals surface area contributed by atoms with Gasteiger partial charge in [0.05, 0.1) is 22.1 Å². The van der Waals surface area contributed by atoms with Gasteiger partial charge in [-0.25, -0.2) is 9.97 Å². The van der Waals surface area contributed by atoms with Gasteiger partial charge in [-0.1, -0.05) is 18.5 Å². The summed E-state index contributed by atoms with van der Waals surface area (Å²) in [7, 11) is 1.83. The molecule has 0 amide bonds. The zero-order valence-corrected chi connectivity index (χ0v) is 11.1. The number of aliphatic hydroxyl groups excluding tert-OH is 1. The van der Waals surface area contributed by atoms with Crippen LogP contribution in [0.2, 0.25) is 5.02 Å². The van der Waals surface area contributed by atoms with E-state index < -0.39 is 6.10 Å². The lowest BCUT2D eigenvalue weighted by Gasteiger charge is -2.10. The van der Waals surface area contributed by atoms with Gasteiger partial charge in [0.25, 0.3) is 0 Å². The largest absolute Gasteiger partial charge is 0.386 e. The van der Waals surface area contributed by atoms with Gasteiger partial charge in [-0.2, -0.15) is 5.10 Å². The molecule has 96 valence electrons. The molecule has 0 saturated carbocycles. The van der Waals surface area contributed by atoms with Crippen molar-refractivity contribution in [2.24, 2.45) is 7.05 Å². The van der Waals surface area contributed by atoms with Crippen molar-refractivity contribution >= 4 is 11.6 Å². The highest BCUT2D eigenvalue weighted by Crippen LogP contribution is 2.25. The third kappa shape index (κ3) is 2.52. The molecule has 0 aliphatic carbocycles. The first-order valence-electron chi connectivity index (χ1n) is 5.77. The van der Waals surface area contributed by atoms with E-state index in [9.17, 15) is 5.11 Å². The van der Waals surface area contributed by atoms with Gasteiger partial charge in [-0.3, -0.25) is 4.68 Å². The highest BCUT2D eigenvalue weighted by atomic mass is 35.5. The Morgan fingerprint density at radius 1 is 1.50 bits per heavy atom. The molecule has 2 rings (SSSR count). The molecule has 6 heteroatoms. The Bertz CT molecular complexity index is 526. The van der Waals surface area contributed by atoms with Gasteiger partial charge in [0, 0.05) is 19.7 Å². The Hall–Kier alpha value is -1.46. The maximum absolute atomic E-state index is 10.1. The van der Waals surface area contributed by atoms with Gasteiger partial charge in [-0.15, -0.1) is 0 Å². The predicted octanol–water partition coefficient (Wildman–Crippen LogP) is 1.70. The number of aliphatic hydroxyl groups is 1. The van der Waals surface area contributed by atoms with Crippen LogP contribution in [0.25, 0.3) is 0 Å². The van der Waals surface area contributed by atoms with Crippen LogP contribution in [-0.4, -0.2) is 24.9 Å². The van der Waals surface area contributed by atoms with Crippen molar-refractivity contribution in [2.75, 3.05) is 0 Å². The quantitative estimate of drug-likeness (QED) is 0.915. The molecular weight excluding hydrogens is 252 g/mol. The van der Waals surface area contributed by atoms with Gasteiger partial charge < -0.3 is 5.11 Å². The number of rotatable bonds is 4. The lowest BCUT2D eigenvalue weighted by Crippen LogP contribution is -2.08. The van der Waals surface area contributed by atoms with Crippen LogP contribution < -0.4 is 0 Å². The van der Waals surface area contributed by atoms with Crippen LogP contribution in [0.5, 0.6) is 0 Å². The molecule has 1 unspecified atom stereocenters. The summed E-state index contributed by atoms with van der Waals surface area (Å²) in [5.41, 5.74) is 2.25. The Labute approximate surface area is 110 Å². The van der Waals surface area contributed by atoms with E-state index in [1.807, 2.05) is 14.0 Å². The van der Waals surface area contributed by atoms with Crippen LogP contribution in [0.1, 0.15) is 30.1 Å². The molecule has 2 aromatic heterocycles. The molecule has 0 aliphatic heterocycles. The van der Waals surface area contributed by atoms with E-state index in [2.05, 4.69) is 15.1 Å². The number of aromatic nitrogens is 4. The third-order valence-corrected chi connectivity index (χ3v) is 3.27. The van der Waals surface area contributed by atoms with Crippen molar-refractivity contribution in [3.8, 4) is 0 Å². The van der Waals surface area contributed by atoms with E-state index >= 15 is 0 Å². The normalized spacial score (nSPS) is 12.7. The zero-order valence-electron chi connectivity index (χ0n) is 10.3. The lowest BCUT2D eigenvalue weighted by atomic mass is 10.1. The molecule has 1 N–H and O–H groups in total. The van der Waals surface area contributed by atoms with Crippen LogP contribution in [0.4, 0.5) is 0 Å². The topological polar surface area (TPSA) is 63.8 Å². The number of hydrogen-bond acceptors (Lipinski definition) is 4. The fourth-order valence-electron chi connectivity index (χ4n) is 1.83. The molecule has 2 heterocycles. The molecule has 0 aromatic carbocycles. The summed E-state index contributed by atoms with van der Waals surface area (Å²) in [5.74, 6) is 0. The average molecular weight is 267 g/mol. The molecule has 1 atom stereocenters. The molecule has 0 bridgehead atoms. The Morgan fingerprint density at radius 3 is 2.83 bits per heavy atom. The van der Waals surface area contributed by atoms with Gasteiger partial charge in [0.2, 0.25) is 0 Å². The van der Waals surface area contributed by atoms with Crippen molar-refractivity contribution < 1.29 is 5.11 Å². The molecule has 2 aromatic rings. The molecule has 5 nitrogen and oxygen atoms in total. The molecular formula is C12H15ClN4O. The summed E-state index contributed by atoms with van der Waals surface area (Å²) in [5, 5.41) is 15.1. The second-order valence-corrected chi connectivity index (χ2v) is 4.42. The summed E-state index contributed by atoms with van der Waals surface area (Å²) < 4.78 is 1.71. The molecule has 0 saturated heterocycles. The number of hydrogen-bond donors (Lipinski definition) is 1. The summed E-state index contributed by atoms with van der Waals surface area (Å²) in [6.07, 6.45) is 3.48. The Morgan fingerprint density at radius 2 is 2.28 bits per heavy atom. The highest BCUT2D eigenvalue weighted by Gasteiger charge is 2.18. The number of nitrogens with zero attached hydrogens (tertiary/aromatic N) is 4.